The smallest absolute Gasteiger partial charge is 0.143 e. The Labute approximate surface area is 368 Å². The van der Waals surface area contributed by atoms with E-state index in [2.05, 4.69) is 193 Å². The molecule has 300 valence electrons. The summed E-state index contributed by atoms with van der Waals surface area (Å²) in [5.41, 5.74) is 16.9. The minimum atomic E-state index is 0.870. The summed E-state index contributed by atoms with van der Waals surface area (Å²) in [5, 5.41) is 6.64. The molecule has 10 aromatic carbocycles. The van der Waals surface area contributed by atoms with E-state index >= 15 is 0 Å². The molecule has 3 heterocycles. The highest BCUT2D eigenvalue weighted by Gasteiger charge is 2.21. The summed E-state index contributed by atoms with van der Waals surface area (Å²) in [6, 6.07) is 79.2. The molecule has 0 aliphatic heterocycles. The predicted octanol–water partition coefficient (Wildman–Crippen LogP) is 17.5. The number of rotatable bonds is 7. The second kappa shape index (κ2) is 14.5. The summed E-state index contributed by atoms with van der Waals surface area (Å²) < 4.78 is 19.7. The highest BCUT2D eigenvalue weighted by molar-refractivity contribution is 6.12. The van der Waals surface area contributed by atoms with Gasteiger partial charge in [-0.1, -0.05) is 170 Å². The molecule has 0 aliphatic carbocycles. The van der Waals surface area contributed by atoms with Crippen LogP contribution in [0.5, 0.6) is 0 Å². The third-order valence-electron chi connectivity index (χ3n) is 12.7. The van der Waals surface area contributed by atoms with Gasteiger partial charge in [0.25, 0.3) is 0 Å². The lowest BCUT2D eigenvalue weighted by atomic mass is 9.92. The molecular formula is C60H37NO3. The molecule has 0 radical (unpaired) electrons. The summed E-state index contributed by atoms with van der Waals surface area (Å²) in [7, 11) is 0. The van der Waals surface area contributed by atoms with Crippen molar-refractivity contribution in [1.29, 1.82) is 0 Å². The lowest BCUT2D eigenvalue weighted by molar-refractivity contribution is 0.669. The van der Waals surface area contributed by atoms with Crippen molar-refractivity contribution in [2.45, 2.75) is 0 Å². The second-order valence-corrected chi connectivity index (χ2v) is 16.4. The van der Waals surface area contributed by atoms with E-state index in [-0.39, 0.29) is 0 Å². The molecule has 0 aliphatic rings. The van der Waals surface area contributed by atoms with Gasteiger partial charge in [0.05, 0.1) is 0 Å². The third-order valence-corrected chi connectivity index (χ3v) is 12.7. The van der Waals surface area contributed by atoms with Gasteiger partial charge in [0, 0.05) is 66.1 Å². The van der Waals surface area contributed by atoms with Crippen molar-refractivity contribution in [2.75, 3.05) is 4.90 Å². The van der Waals surface area contributed by atoms with E-state index < -0.39 is 0 Å². The van der Waals surface area contributed by atoms with Crippen LogP contribution < -0.4 is 4.90 Å². The topological polar surface area (TPSA) is 42.7 Å². The van der Waals surface area contributed by atoms with Crippen LogP contribution in [0, 0.1) is 0 Å². The average molecular weight is 820 g/mol. The van der Waals surface area contributed by atoms with Crippen LogP contribution in [0.4, 0.5) is 17.1 Å². The normalized spacial score (nSPS) is 11.8. The van der Waals surface area contributed by atoms with E-state index in [1.54, 1.807) is 0 Å². The van der Waals surface area contributed by atoms with Gasteiger partial charge < -0.3 is 18.2 Å². The maximum Gasteiger partial charge on any atom is 0.143 e. The lowest BCUT2D eigenvalue weighted by Crippen LogP contribution is -2.10. The maximum absolute atomic E-state index is 6.69. The Morgan fingerprint density at radius 2 is 0.656 bits per heavy atom. The number of benzene rings is 10. The second-order valence-electron chi connectivity index (χ2n) is 16.4. The van der Waals surface area contributed by atoms with Crippen LogP contribution in [0.3, 0.4) is 0 Å². The van der Waals surface area contributed by atoms with Gasteiger partial charge >= 0.3 is 0 Å². The summed E-state index contributed by atoms with van der Waals surface area (Å²) in [6.45, 7) is 0. The summed E-state index contributed by atoms with van der Waals surface area (Å²) in [6.07, 6.45) is 0. The lowest BCUT2D eigenvalue weighted by Gasteiger charge is -2.27. The van der Waals surface area contributed by atoms with Crippen LogP contribution in [0.15, 0.2) is 238 Å². The average Bonchev–Trinajstić information content (AvgIpc) is 4.06. The Hall–Kier alpha value is -8.60. The molecule has 4 nitrogen and oxygen atoms in total. The Kier molecular flexibility index (Phi) is 8.18. The Bertz CT molecular complexity index is 3910. The highest BCUT2D eigenvalue weighted by atomic mass is 16.3. The van der Waals surface area contributed by atoms with Gasteiger partial charge in [0.1, 0.15) is 33.5 Å². The fraction of sp³-hybridized carbons (Fsp3) is 0. The van der Waals surface area contributed by atoms with Crippen molar-refractivity contribution in [3.63, 3.8) is 0 Å². The molecule has 64 heavy (non-hydrogen) atoms. The number of para-hydroxylation sites is 6. The van der Waals surface area contributed by atoms with Crippen molar-refractivity contribution in [3.8, 4) is 44.5 Å². The van der Waals surface area contributed by atoms with Gasteiger partial charge in [-0.15, -0.1) is 0 Å². The number of fused-ring (bicyclic) bond motifs is 9. The Balaban J connectivity index is 1.02. The first-order valence-electron chi connectivity index (χ1n) is 21.7. The molecule has 13 aromatic rings. The van der Waals surface area contributed by atoms with Crippen LogP contribution in [0.2, 0.25) is 0 Å². The van der Waals surface area contributed by atoms with Crippen molar-refractivity contribution in [1.82, 2.24) is 0 Å². The van der Waals surface area contributed by atoms with Crippen LogP contribution in [-0.2, 0) is 0 Å². The van der Waals surface area contributed by atoms with E-state index in [0.717, 1.165) is 127 Å². The zero-order valence-corrected chi connectivity index (χ0v) is 34.5. The van der Waals surface area contributed by atoms with Gasteiger partial charge in [-0.2, -0.15) is 0 Å². The van der Waals surface area contributed by atoms with Crippen LogP contribution in [-0.4, -0.2) is 0 Å². The third kappa shape index (κ3) is 5.77. The predicted molar refractivity (Wildman–Crippen MR) is 265 cm³/mol. The van der Waals surface area contributed by atoms with Gasteiger partial charge in [-0.3, -0.25) is 0 Å². The minimum absolute atomic E-state index is 0.870. The zero-order chi connectivity index (χ0) is 42.1. The molecule has 0 amide bonds. The minimum Gasteiger partial charge on any atom is -0.455 e. The van der Waals surface area contributed by atoms with Crippen molar-refractivity contribution in [2.24, 2.45) is 0 Å². The Morgan fingerprint density at radius 1 is 0.234 bits per heavy atom. The molecule has 0 unspecified atom stereocenters. The fourth-order valence-corrected chi connectivity index (χ4v) is 9.72. The molecule has 0 saturated carbocycles. The largest absolute Gasteiger partial charge is 0.455 e. The molecule has 13 rings (SSSR count). The number of hydrogen-bond acceptors (Lipinski definition) is 4. The van der Waals surface area contributed by atoms with E-state index in [0.29, 0.717) is 0 Å². The number of nitrogens with zero attached hydrogens (tertiary/aromatic N) is 1. The van der Waals surface area contributed by atoms with E-state index in [4.69, 9.17) is 13.3 Å². The van der Waals surface area contributed by atoms with E-state index in [1.165, 1.54) is 0 Å². The van der Waals surface area contributed by atoms with Crippen molar-refractivity contribution in [3.05, 3.63) is 224 Å². The van der Waals surface area contributed by atoms with Gasteiger partial charge in [-0.05, 0) is 82.4 Å². The number of hydrogen-bond donors (Lipinski definition) is 0. The molecule has 3 aromatic heterocycles. The standard InChI is InChI=1S/C60H37NO3/c1-2-14-38(15-3-1)44-35-34-43(37-54(44)53-26-13-25-52-49-20-6-9-29-57(49)64-60(52)53)61(41-32-30-39(31-33-41)45-21-11-23-50-47-18-4-7-27-55(47)62-58(45)50)42-17-10-16-40(36-42)46-22-12-24-51-48-19-5-8-28-56(48)63-59(46)51/h1-37H. The first-order valence-corrected chi connectivity index (χ1v) is 21.7. The van der Waals surface area contributed by atoms with E-state index in [1.807, 2.05) is 36.4 Å². The van der Waals surface area contributed by atoms with Gasteiger partial charge in [0.15, 0.2) is 0 Å². The van der Waals surface area contributed by atoms with E-state index in [9.17, 15) is 0 Å². The zero-order valence-electron chi connectivity index (χ0n) is 34.5. The molecular weight excluding hydrogens is 783 g/mol. The number of furan rings is 3. The molecule has 0 N–H and O–H groups in total. The van der Waals surface area contributed by atoms with Gasteiger partial charge in [-0.25, -0.2) is 0 Å². The maximum atomic E-state index is 6.69. The first-order chi connectivity index (χ1) is 31.7. The molecule has 0 spiro atoms. The molecule has 4 heteroatoms. The Morgan fingerprint density at radius 3 is 1.25 bits per heavy atom. The molecule has 0 fully saturated rings. The van der Waals surface area contributed by atoms with Crippen LogP contribution in [0.25, 0.3) is 110 Å². The van der Waals surface area contributed by atoms with Gasteiger partial charge in [0.2, 0.25) is 0 Å². The van der Waals surface area contributed by atoms with Crippen LogP contribution >= 0.6 is 0 Å². The SMILES string of the molecule is c1ccc(-c2ccc(N(c3ccc(-c4cccc5c4oc4ccccc45)cc3)c3cccc(-c4cccc5c4oc4ccccc45)c3)cc2-c2cccc3c2oc2ccccc23)cc1. The summed E-state index contributed by atoms with van der Waals surface area (Å²) in [5.74, 6) is 0. The summed E-state index contributed by atoms with van der Waals surface area (Å²) >= 11 is 0. The highest BCUT2D eigenvalue weighted by Crippen LogP contribution is 2.46. The number of anilines is 3. The van der Waals surface area contributed by atoms with Crippen molar-refractivity contribution >= 4 is 82.9 Å². The molecule has 0 bridgehead atoms. The summed E-state index contributed by atoms with van der Waals surface area (Å²) in [4.78, 5) is 2.35. The van der Waals surface area contributed by atoms with Crippen molar-refractivity contribution < 1.29 is 13.3 Å². The molecule has 0 saturated heterocycles. The fourth-order valence-electron chi connectivity index (χ4n) is 9.72. The van der Waals surface area contributed by atoms with Crippen LogP contribution in [0.1, 0.15) is 0 Å². The first kappa shape index (κ1) is 36.1. The molecule has 0 atom stereocenters. The quantitative estimate of drug-likeness (QED) is 0.161. The monoisotopic (exact) mass is 819 g/mol.